The summed E-state index contributed by atoms with van der Waals surface area (Å²) in [7, 11) is 2.07. The van der Waals surface area contributed by atoms with Gasteiger partial charge in [0, 0.05) is 24.3 Å². The van der Waals surface area contributed by atoms with E-state index < -0.39 is 0 Å². The number of piperidine rings is 1. The maximum absolute atomic E-state index is 6.59. The number of likely N-dealkylation sites (tertiary alicyclic amines) is 1. The van der Waals surface area contributed by atoms with Crippen LogP contribution < -0.4 is 16.2 Å². The van der Waals surface area contributed by atoms with Crippen LogP contribution in [0.2, 0.25) is 0 Å². The largest absolute Gasteiger partial charge is 0.489 e. The van der Waals surface area contributed by atoms with Crippen LogP contribution in [0.1, 0.15) is 56.6 Å². The molecular formula is C26H42N4O. The monoisotopic (exact) mass is 426 g/mol. The molecule has 1 saturated heterocycles. The van der Waals surface area contributed by atoms with E-state index in [2.05, 4.69) is 55.1 Å². The van der Waals surface area contributed by atoms with Crippen molar-refractivity contribution in [1.29, 1.82) is 0 Å². The average Bonchev–Trinajstić information content (AvgIpc) is 3.20. The Morgan fingerprint density at radius 1 is 1.29 bits per heavy atom. The molecule has 0 radical (unpaired) electrons. The number of benzene rings is 1. The highest BCUT2D eigenvalue weighted by Gasteiger charge is 2.35. The molecule has 2 aliphatic rings. The molecule has 3 unspecified atom stereocenters. The van der Waals surface area contributed by atoms with Crippen molar-refractivity contribution in [1.82, 2.24) is 9.80 Å². The first-order valence-corrected chi connectivity index (χ1v) is 11.9. The second-order valence-corrected chi connectivity index (χ2v) is 9.52. The number of nitrogens with zero attached hydrogens (tertiary/aromatic N) is 2. The average molecular weight is 427 g/mol. The van der Waals surface area contributed by atoms with E-state index in [0.29, 0.717) is 18.3 Å². The van der Waals surface area contributed by atoms with Gasteiger partial charge in [-0.2, -0.15) is 0 Å². The van der Waals surface area contributed by atoms with Crippen molar-refractivity contribution in [3.05, 3.63) is 48.2 Å². The van der Waals surface area contributed by atoms with Gasteiger partial charge in [0.15, 0.2) is 0 Å². The fourth-order valence-corrected chi connectivity index (χ4v) is 5.21. The fraction of sp³-hybridized carbons (Fsp3) is 0.615. The van der Waals surface area contributed by atoms with Crippen molar-refractivity contribution >= 4 is 6.08 Å². The van der Waals surface area contributed by atoms with Crippen LogP contribution in [0.4, 0.5) is 0 Å². The molecule has 3 rings (SSSR count). The highest BCUT2D eigenvalue weighted by molar-refractivity contribution is 5.54. The molecule has 1 heterocycles. The molecule has 31 heavy (non-hydrogen) atoms. The van der Waals surface area contributed by atoms with Crippen LogP contribution >= 0.6 is 0 Å². The number of ether oxygens (including phenoxy) is 1. The second-order valence-electron chi connectivity index (χ2n) is 9.52. The molecule has 0 amide bonds. The van der Waals surface area contributed by atoms with E-state index in [-0.39, 0.29) is 12.1 Å². The number of nitrogens with two attached hydrogens (primary N) is 2. The SMILES string of the molecule is C=Cc1ccc(OC2CCCC2N2CCC(C)CC2)cc1CN(C)C(CCN)C(=C)N. The predicted octanol–water partition coefficient (Wildman–Crippen LogP) is 3.98. The normalized spacial score (nSPS) is 23.7. The molecule has 3 atom stereocenters. The van der Waals surface area contributed by atoms with Gasteiger partial charge in [-0.05, 0) is 94.4 Å². The summed E-state index contributed by atoms with van der Waals surface area (Å²) in [6, 6.07) is 7.00. The van der Waals surface area contributed by atoms with Crippen LogP contribution in [0.15, 0.2) is 37.1 Å². The summed E-state index contributed by atoms with van der Waals surface area (Å²) >= 11 is 0. The maximum atomic E-state index is 6.59. The molecule has 1 aliphatic heterocycles. The third-order valence-corrected chi connectivity index (χ3v) is 7.15. The van der Waals surface area contributed by atoms with Gasteiger partial charge < -0.3 is 16.2 Å². The molecule has 0 spiro atoms. The molecule has 5 heteroatoms. The zero-order valence-electron chi connectivity index (χ0n) is 19.6. The Kier molecular flexibility index (Phi) is 8.58. The zero-order chi connectivity index (χ0) is 22.4. The topological polar surface area (TPSA) is 67.8 Å². The minimum absolute atomic E-state index is 0.0629. The Hall–Kier alpha value is -1.82. The lowest BCUT2D eigenvalue weighted by atomic mass is 9.97. The van der Waals surface area contributed by atoms with E-state index >= 15 is 0 Å². The van der Waals surface area contributed by atoms with E-state index in [4.69, 9.17) is 16.2 Å². The Labute approximate surface area is 189 Å². The summed E-state index contributed by atoms with van der Waals surface area (Å²) in [6.45, 7) is 14.1. The molecular weight excluding hydrogens is 384 g/mol. The molecule has 0 bridgehead atoms. The highest BCUT2D eigenvalue weighted by Crippen LogP contribution is 2.32. The molecule has 2 fully saturated rings. The number of hydrogen-bond donors (Lipinski definition) is 2. The van der Waals surface area contributed by atoms with Gasteiger partial charge in [0.25, 0.3) is 0 Å². The minimum Gasteiger partial charge on any atom is -0.489 e. The molecule has 1 aromatic rings. The lowest BCUT2D eigenvalue weighted by molar-refractivity contribution is 0.0634. The summed E-state index contributed by atoms with van der Waals surface area (Å²) < 4.78 is 6.59. The first-order chi connectivity index (χ1) is 14.9. The van der Waals surface area contributed by atoms with Crippen LogP contribution in [0.5, 0.6) is 5.75 Å². The van der Waals surface area contributed by atoms with Crippen LogP contribution in [-0.2, 0) is 6.54 Å². The Morgan fingerprint density at radius 2 is 2.03 bits per heavy atom. The smallest absolute Gasteiger partial charge is 0.120 e. The third kappa shape index (κ3) is 6.12. The zero-order valence-corrected chi connectivity index (χ0v) is 19.6. The van der Waals surface area contributed by atoms with Crippen molar-refractivity contribution in [2.45, 2.75) is 70.2 Å². The molecule has 172 valence electrons. The summed E-state index contributed by atoms with van der Waals surface area (Å²) in [6.07, 6.45) is 9.25. The number of hydrogen-bond acceptors (Lipinski definition) is 5. The van der Waals surface area contributed by atoms with E-state index in [1.807, 2.05) is 6.08 Å². The van der Waals surface area contributed by atoms with Crippen molar-refractivity contribution in [3.63, 3.8) is 0 Å². The van der Waals surface area contributed by atoms with Crippen molar-refractivity contribution < 1.29 is 4.74 Å². The van der Waals surface area contributed by atoms with Crippen LogP contribution in [0.25, 0.3) is 6.08 Å². The van der Waals surface area contributed by atoms with Gasteiger partial charge in [0.05, 0.1) is 0 Å². The van der Waals surface area contributed by atoms with Crippen molar-refractivity contribution in [2.75, 3.05) is 26.7 Å². The first-order valence-electron chi connectivity index (χ1n) is 11.9. The summed E-state index contributed by atoms with van der Waals surface area (Å²) in [5.41, 5.74) is 14.8. The van der Waals surface area contributed by atoms with E-state index in [1.54, 1.807) is 0 Å². The van der Waals surface area contributed by atoms with Crippen molar-refractivity contribution in [2.24, 2.45) is 17.4 Å². The van der Waals surface area contributed by atoms with Gasteiger partial charge in [0.1, 0.15) is 11.9 Å². The fourth-order valence-electron chi connectivity index (χ4n) is 5.21. The Balaban J connectivity index is 1.71. The van der Waals surface area contributed by atoms with Gasteiger partial charge in [-0.25, -0.2) is 0 Å². The van der Waals surface area contributed by atoms with E-state index in [0.717, 1.165) is 36.6 Å². The van der Waals surface area contributed by atoms with Crippen LogP contribution in [-0.4, -0.2) is 54.7 Å². The molecule has 4 N–H and O–H groups in total. The molecule has 0 aromatic heterocycles. The Morgan fingerprint density at radius 3 is 2.68 bits per heavy atom. The quantitative estimate of drug-likeness (QED) is 0.592. The predicted molar refractivity (Wildman–Crippen MR) is 131 cm³/mol. The van der Waals surface area contributed by atoms with E-state index in [9.17, 15) is 0 Å². The van der Waals surface area contributed by atoms with Crippen molar-refractivity contribution in [3.8, 4) is 5.75 Å². The maximum Gasteiger partial charge on any atom is 0.120 e. The van der Waals surface area contributed by atoms with Gasteiger partial charge in [-0.1, -0.05) is 32.2 Å². The van der Waals surface area contributed by atoms with Crippen LogP contribution in [0.3, 0.4) is 0 Å². The molecule has 1 aliphatic carbocycles. The van der Waals surface area contributed by atoms with Gasteiger partial charge in [-0.15, -0.1) is 0 Å². The van der Waals surface area contributed by atoms with E-state index in [1.165, 1.54) is 44.3 Å². The molecule has 1 aromatic carbocycles. The third-order valence-electron chi connectivity index (χ3n) is 7.15. The van der Waals surface area contributed by atoms with Crippen LogP contribution in [0, 0.1) is 5.92 Å². The summed E-state index contributed by atoms with van der Waals surface area (Å²) in [5.74, 6) is 1.81. The summed E-state index contributed by atoms with van der Waals surface area (Å²) in [4.78, 5) is 4.89. The molecule has 5 nitrogen and oxygen atoms in total. The molecule has 1 saturated carbocycles. The first kappa shape index (κ1) is 23.8. The number of likely N-dealkylation sites (N-methyl/N-ethyl adjacent to an activating group) is 1. The lowest BCUT2D eigenvalue weighted by Crippen LogP contribution is -2.46. The van der Waals surface area contributed by atoms with Gasteiger partial charge >= 0.3 is 0 Å². The second kappa shape index (κ2) is 11.2. The lowest BCUT2D eigenvalue weighted by Gasteiger charge is -2.37. The highest BCUT2D eigenvalue weighted by atomic mass is 16.5. The minimum atomic E-state index is 0.0629. The van der Waals surface area contributed by atoms with Gasteiger partial charge in [0.2, 0.25) is 0 Å². The van der Waals surface area contributed by atoms with Gasteiger partial charge in [-0.3, -0.25) is 9.80 Å². The summed E-state index contributed by atoms with van der Waals surface area (Å²) in [5, 5.41) is 0. The number of rotatable bonds is 10. The Bertz CT molecular complexity index is 741. The standard InChI is InChI=1S/C26H42N4O/c1-5-21-9-10-23(17-22(21)18-29(4)24(11-14-27)20(3)28)31-26-8-6-7-25(26)30-15-12-19(2)13-16-30/h5,9-10,17,19,24-26H,1,3,6-8,11-16,18,27-28H2,2,4H3.